The molecule has 0 radical (unpaired) electrons. The molecule has 2 amide bonds. The largest absolute Gasteiger partial charge is 0.382 e. The van der Waals surface area contributed by atoms with E-state index in [-0.39, 0.29) is 18.4 Å². The minimum Gasteiger partial charge on any atom is -0.382 e. The number of methoxy groups -OCH3 is 1. The summed E-state index contributed by atoms with van der Waals surface area (Å²) in [6.45, 7) is 7.95. The number of hydrogen-bond acceptors (Lipinski definition) is 4. The fourth-order valence-electron chi connectivity index (χ4n) is 4.49. The molecule has 6 heteroatoms. The van der Waals surface area contributed by atoms with Crippen molar-refractivity contribution in [3.05, 3.63) is 35.4 Å². The number of carbonyl (C=O) groups is 2. The number of ether oxygens (including phenoxy) is 2. The zero-order chi connectivity index (χ0) is 20.9. The number of amides is 2. The van der Waals surface area contributed by atoms with Gasteiger partial charge in [0.1, 0.15) is 6.61 Å². The van der Waals surface area contributed by atoms with Gasteiger partial charge in [-0.05, 0) is 36.3 Å². The van der Waals surface area contributed by atoms with Crippen LogP contribution in [0.15, 0.2) is 24.3 Å². The fourth-order valence-corrected chi connectivity index (χ4v) is 4.49. The number of benzene rings is 1. The van der Waals surface area contributed by atoms with E-state index in [1.807, 2.05) is 9.80 Å². The van der Waals surface area contributed by atoms with Gasteiger partial charge < -0.3 is 19.3 Å². The third-order valence-electron chi connectivity index (χ3n) is 6.07. The molecule has 3 rings (SSSR count). The van der Waals surface area contributed by atoms with Gasteiger partial charge in [-0.2, -0.15) is 0 Å². The van der Waals surface area contributed by atoms with Gasteiger partial charge in [0.2, 0.25) is 11.8 Å². The minimum atomic E-state index is -0.408. The zero-order valence-electron chi connectivity index (χ0n) is 18.0. The predicted octanol–water partition coefficient (Wildman–Crippen LogP) is 2.50. The van der Waals surface area contributed by atoms with Crippen molar-refractivity contribution in [2.24, 2.45) is 11.3 Å². The van der Waals surface area contributed by atoms with Crippen molar-refractivity contribution in [1.29, 1.82) is 0 Å². The van der Waals surface area contributed by atoms with Gasteiger partial charge in [-0.1, -0.05) is 38.1 Å². The molecule has 1 aromatic carbocycles. The standard InChI is InChI=1S/C23H34N2O4/c1-18(2)15-25-16-20-7-5-4-6-19(20)14-23(22(25)27)8-10-24(11-9-23)21(26)17-29-13-12-28-3/h4-7,18H,8-17H2,1-3H3. The van der Waals surface area contributed by atoms with Gasteiger partial charge in [0, 0.05) is 33.3 Å². The molecule has 0 saturated carbocycles. The summed E-state index contributed by atoms with van der Waals surface area (Å²) in [6.07, 6.45) is 2.18. The van der Waals surface area contributed by atoms with Gasteiger partial charge in [-0.3, -0.25) is 9.59 Å². The van der Waals surface area contributed by atoms with Crippen LogP contribution in [0.4, 0.5) is 0 Å². The molecular formula is C23H34N2O4. The van der Waals surface area contributed by atoms with Crippen LogP contribution in [0.1, 0.15) is 37.8 Å². The molecule has 0 aliphatic carbocycles. The number of hydrogen-bond donors (Lipinski definition) is 0. The lowest BCUT2D eigenvalue weighted by atomic mass is 9.73. The van der Waals surface area contributed by atoms with Crippen LogP contribution in [-0.4, -0.2) is 68.2 Å². The van der Waals surface area contributed by atoms with Gasteiger partial charge in [-0.15, -0.1) is 0 Å². The second-order valence-electron chi connectivity index (χ2n) is 8.73. The maximum atomic E-state index is 13.6. The van der Waals surface area contributed by atoms with Crippen molar-refractivity contribution in [2.45, 2.75) is 39.7 Å². The van der Waals surface area contributed by atoms with Crippen LogP contribution < -0.4 is 0 Å². The third kappa shape index (κ3) is 5.17. The van der Waals surface area contributed by atoms with Gasteiger partial charge in [0.05, 0.1) is 18.6 Å². The molecule has 0 atom stereocenters. The third-order valence-corrected chi connectivity index (χ3v) is 6.07. The number of carbonyl (C=O) groups excluding carboxylic acids is 2. The summed E-state index contributed by atoms with van der Waals surface area (Å²) in [5, 5.41) is 0. The van der Waals surface area contributed by atoms with Crippen molar-refractivity contribution in [3.8, 4) is 0 Å². The first-order valence-electron chi connectivity index (χ1n) is 10.7. The zero-order valence-corrected chi connectivity index (χ0v) is 18.0. The summed E-state index contributed by atoms with van der Waals surface area (Å²) in [4.78, 5) is 30.0. The van der Waals surface area contributed by atoms with Gasteiger partial charge >= 0.3 is 0 Å². The quantitative estimate of drug-likeness (QED) is 0.658. The van der Waals surface area contributed by atoms with E-state index >= 15 is 0 Å². The lowest BCUT2D eigenvalue weighted by Crippen LogP contribution is -2.52. The Morgan fingerprint density at radius 3 is 2.48 bits per heavy atom. The maximum absolute atomic E-state index is 13.6. The Hall–Kier alpha value is -1.92. The average Bonchev–Trinajstić information content (AvgIpc) is 2.81. The molecule has 0 bridgehead atoms. The van der Waals surface area contributed by atoms with E-state index in [0.717, 1.165) is 13.0 Å². The average molecular weight is 403 g/mol. The summed E-state index contributed by atoms with van der Waals surface area (Å²) in [5.74, 6) is 0.675. The number of likely N-dealkylation sites (tertiary alicyclic amines) is 1. The Bertz CT molecular complexity index is 711. The monoisotopic (exact) mass is 402 g/mol. The summed E-state index contributed by atoms with van der Waals surface area (Å²) in [5.41, 5.74) is 2.12. The SMILES string of the molecule is COCCOCC(=O)N1CCC2(CC1)Cc1ccccc1CN(CC(C)C)C2=O. The molecule has 1 aromatic rings. The molecule has 1 saturated heterocycles. The van der Waals surface area contributed by atoms with E-state index in [2.05, 4.69) is 38.1 Å². The van der Waals surface area contributed by atoms with E-state index in [1.165, 1.54) is 11.1 Å². The molecule has 160 valence electrons. The molecular weight excluding hydrogens is 368 g/mol. The normalized spacial score (nSPS) is 18.8. The Kier molecular flexibility index (Phi) is 7.30. The van der Waals surface area contributed by atoms with E-state index < -0.39 is 5.41 Å². The minimum absolute atomic E-state index is 0.00328. The van der Waals surface area contributed by atoms with Crippen molar-refractivity contribution in [2.75, 3.05) is 46.6 Å². The van der Waals surface area contributed by atoms with Crippen molar-refractivity contribution in [3.63, 3.8) is 0 Å². The van der Waals surface area contributed by atoms with Crippen LogP contribution in [0.2, 0.25) is 0 Å². The molecule has 1 fully saturated rings. The Morgan fingerprint density at radius 1 is 1.14 bits per heavy atom. The first-order chi connectivity index (χ1) is 13.9. The molecule has 0 N–H and O–H groups in total. The van der Waals surface area contributed by atoms with Gasteiger partial charge in [0.25, 0.3) is 0 Å². The smallest absolute Gasteiger partial charge is 0.248 e. The molecule has 2 heterocycles. The predicted molar refractivity (Wildman–Crippen MR) is 111 cm³/mol. The molecule has 29 heavy (non-hydrogen) atoms. The van der Waals surface area contributed by atoms with Crippen molar-refractivity contribution in [1.82, 2.24) is 9.80 Å². The van der Waals surface area contributed by atoms with Crippen LogP contribution in [-0.2, 0) is 32.0 Å². The van der Waals surface area contributed by atoms with E-state index in [1.54, 1.807) is 7.11 Å². The number of fused-ring (bicyclic) bond motifs is 1. The van der Waals surface area contributed by atoms with Crippen LogP contribution in [0.5, 0.6) is 0 Å². The Labute approximate surface area is 174 Å². The highest BCUT2D eigenvalue weighted by atomic mass is 16.5. The van der Waals surface area contributed by atoms with E-state index in [0.29, 0.717) is 51.6 Å². The summed E-state index contributed by atoms with van der Waals surface area (Å²) < 4.78 is 10.3. The molecule has 6 nitrogen and oxygen atoms in total. The van der Waals surface area contributed by atoms with E-state index in [4.69, 9.17) is 9.47 Å². The lowest BCUT2D eigenvalue weighted by Gasteiger charge is -2.42. The topological polar surface area (TPSA) is 59.1 Å². The highest BCUT2D eigenvalue weighted by molar-refractivity contribution is 5.85. The van der Waals surface area contributed by atoms with Crippen LogP contribution in [0, 0.1) is 11.3 Å². The first-order valence-corrected chi connectivity index (χ1v) is 10.7. The molecule has 2 aliphatic heterocycles. The number of rotatable bonds is 7. The molecule has 1 spiro atoms. The maximum Gasteiger partial charge on any atom is 0.248 e. The van der Waals surface area contributed by atoms with E-state index in [9.17, 15) is 9.59 Å². The van der Waals surface area contributed by atoms with Crippen LogP contribution >= 0.6 is 0 Å². The van der Waals surface area contributed by atoms with Crippen molar-refractivity contribution < 1.29 is 19.1 Å². The lowest BCUT2D eigenvalue weighted by molar-refractivity contribution is -0.150. The summed E-state index contributed by atoms with van der Waals surface area (Å²) in [7, 11) is 1.61. The first kappa shape index (κ1) is 21.8. The van der Waals surface area contributed by atoms with Crippen LogP contribution in [0.3, 0.4) is 0 Å². The summed E-state index contributed by atoms with van der Waals surface area (Å²) in [6, 6.07) is 8.42. The molecule has 2 aliphatic rings. The molecule has 0 unspecified atom stereocenters. The van der Waals surface area contributed by atoms with Crippen molar-refractivity contribution >= 4 is 11.8 Å². The second-order valence-corrected chi connectivity index (χ2v) is 8.73. The number of nitrogens with zero attached hydrogens (tertiary/aromatic N) is 2. The fraction of sp³-hybridized carbons (Fsp3) is 0.652. The number of piperidine rings is 1. The second kappa shape index (κ2) is 9.72. The van der Waals surface area contributed by atoms with Gasteiger partial charge in [-0.25, -0.2) is 0 Å². The summed E-state index contributed by atoms with van der Waals surface area (Å²) >= 11 is 0. The Balaban J connectivity index is 1.71. The molecule has 0 aromatic heterocycles. The highest BCUT2D eigenvalue weighted by Crippen LogP contribution is 2.40. The van der Waals surface area contributed by atoms with Gasteiger partial charge in [0.15, 0.2) is 0 Å². The highest BCUT2D eigenvalue weighted by Gasteiger charge is 2.46. The van der Waals surface area contributed by atoms with Crippen LogP contribution in [0.25, 0.3) is 0 Å². The Morgan fingerprint density at radius 2 is 1.83 bits per heavy atom.